The molecule has 1 atom stereocenters. The first-order chi connectivity index (χ1) is 11.7. The molecule has 6 nitrogen and oxygen atoms in total. The molecule has 1 heterocycles. The van der Waals surface area contributed by atoms with Crippen LogP contribution in [0.4, 0.5) is 5.69 Å². The van der Waals surface area contributed by atoms with Crippen LogP contribution in [0.1, 0.15) is 37.8 Å². The predicted octanol–water partition coefficient (Wildman–Crippen LogP) is 1.60. The lowest BCUT2D eigenvalue weighted by Crippen LogP contribution is -2.39. The molecule has 2 rings (SSSR count). The highest BCUT2D eigenvalue weighted by Crippen LogP contribution is 2.26. The van der Waals surface area contributed by atoms with E-state index in [9.17, 15) is 18.0 Å². The molecule has 0 bridgehead atoms. The number of carbonyl (C=O) groups is 2. The molecule has 0 aromatic heterocycles. The summed E-state index contributed by atoms with van der Waals surface area (Å²) in [5, 5.41) is 2.77. The Labute approximate surface area is 149 Å². The minimum Gasteiger partial charge on any atom is -0.352 e. The van der Waals surface area contributed by atoms with E-state index < -0.39 is 9.84 Å². The fourth-order valence-electron chi connectivity index (χ4n) is 3.24. The largest absolute Gasteiger partial charge is 0.352 e. The zero-order valence-corrected chi connectivity index (χ0v) is 15.9. The average Bonchev–Trinajstić information content (AvgIpc) is 2.87. The molecule has 0 aliphatic carbocycles. The number of aryl methyl sites for hydroxylation is 2. The summed E-state index contributed by atoms with van der Waals surface area (Å²) >= 11 is 0. The van der Waals surface area contributed by atoms with E-state index in [2.05, 4.69) is 5.32 Å². The Balaban J connectivity index is 2.03. The Bertz CT molecular complexity index is 758. The van der Waals surface area contributed by atoms with E-state index in [1.165, 1.54) is 6.92 Å². The molecule has 1 aliphatic heterocycles. The first kappa shape index (κ1) is 19.4. The number of para-hydroxylation sites is 1. The first-order valence-electron chi connectivity index (χ1n) is 8.60. The molecule has 1 saturated heterocycles. The van der Waals surface area contributed by atoms with Gasteiger partial charge < -0.3 is 10.2 Å². The Morgan fingerprint density at radius 1 is 1.32 bits per heavy atom. The summed E-state index contributed by atoms with van der Waals surface area (Å²) in [5.41, 5.74) is 2.93. The monoisotopic (exact) mass is 366 g/mol. The molecule has 1 aromatic rings. The maximum Gasteiger partial charge on any atom is 0.223 e. The van der Waals surface area contributed by atoms with Crippen molar-refractivity contribution in [2.75, 3.05) is 23.0 Å². The minimum atomic E-state index is -3.02. The lowest BCUT2D eigenvalue weighted by Gasteiger charge is -2.26. The van der Waals surface area contributed by atoms with Gasteiger partial charge >= 0.3 is 0 Å². The molecule has 7 heteroatoms. The summed E-state index contributed by atoms with van der Waals surface area (Å²) in [7, 11) is -3.02. The third-order valence-corrected chi connectivity index (χ3v) is 6.28. The molecule has 1 fully saturated rings. The van der Waals surface area contributed by atoms with Crippen molar-refractivity contribution in [1.82, 2.24) is 5.32 Å². The van der Waals surface area contributed by atoms with Gasteiger partial charge in [0.25, 0.3) is 0 Å². The molecular formula is C18H26N2O4S. The van der Waals surface area contributed by atoms with Crippen LogP contribution >= 0.6 is 0 Å². The number of benzene rings is 1. The van der Waals surface area contributed by atoms with Gasteiger partial charge in [-0.15, -0.1) is 0 Å². The third kappa shape index (κ3) is 5.04. The SMILES string of the molecule is CCc1cccc(C)c1N(CCC(=O)NC1CCS(=O)(=O)C1)C(C)=O. The molecule has 0 radical (unpaired) electrons. The molecule has 0 spiro atoms. The Morgan fingerprint density at radius 2 is 2.04 bits per heavy atom. The van der Waals surface area contributed by atoms with E-state index in [1.54, 1.807) is 4.90 Å². The van der Waals surface area contributed by atoms with Crippen molar-refractivity contribution < 1.29 is 18.0 Å². The van der Waals surface area contributed by atoms with E-state index in [1.807, 2.05) is 32.0 Å². The molecule has 0 saturated carbocycles. The summed E-state index contributed by atoms with van der Waals surface area (Å²) in [6.07, 6.45) is 1.41. The molecule has 25 heavy (non-hydrogen) atoms. The van der Waals surface area contributed by atoms with Gasteiger partial charge in [0.2, 0.25) is 11.8 Å². The van der Waals surface area contributed by atoms with Crippen molar-refractivity contribution in [3.8, 4) is 0 Å². The van der Waals surface area contributed by atoms with Crippen molar-refractivity contribution in [2.24, 2.45) is 0 Å². The lowest BCUT2D eigenvalue weighted by molar-refractivity contribution is -0.121. The number of nitrogens with zero attached hydrogens (tertiary/aromatic N) is 1. The quantitative estimate of drug-likeness (QED) is 0.829. The maximum absolute atomic E-state index is 12.2. The molecular weight excluding hydrogens is 340 g/mol. The van der Waals surface area contributed by atoms with Crippen LogP contribution < -0.4 is 10.2 Å². The van der Waals surface area contributed by atoms with Gasteiger partial charge in [-0.05, 0) is 30.9 Å². The van der Waals surface area contributed by atoms with Gasteiger partial charge in [-0.1, -0.05) is 25.1 Å². The van der Waals surface area contributed by atoms with E-state index in [0.717, 1.165) is 23.2 Å². The summed E-state index contributed by atoms with van der Waals surface area (Å²) in [6.45, 7) is 5.75. The van der Waals surface area contributed by atoms with E-state index in [-0.39, 0.29) is 42.3 Å². The second kappa shape index (κ2) is 7.99. The van der Waals surface area contributed by atoms with Crippen LogP contribution in [-0.4, -0.2) is 44.3 Å². The molecule has 1 N–H and O–H groups in total. The van der Waals surface area contributed by atoms with Crippen LogP contribution in [0.2, 0.25) is 0 Å². The van der Waals surface area contributed by atoms with Gasteiger partial charge in [-0.2, -0.15) is 0 Å². The van der Waals surface area contributed by atoms with Crippen molar-refractivity contribution >= 4 is 27.3 Å². The fraction of sp³-hybridized carbons (Fsp3) is 0.556. The third-order valence-electron chi connectivity index (χ3n) is 4.51. The summed E-state index contributed by atoms with van der Waals surface area (Å²) in [5.74, 6) is -0.201. The Morgan fingerprint density at radius 3 is 2.60 bits per heavy atom. The van der Waals surface area contributed by atoms with Crippen LogP contribution in [-0.2, 0) is 25.8 Å². The highest BCUT2D eigenvalue weighted by molar-refractivity contribution is 7.91. The van der Waals surface area contributed by atoms with Gasteiger partial charge in [-0.25, -0.2) is 8.42 Å². The van der Waals surface area contributed by atoms with E-state index in [0.29, 0.717) is 6.42 Å². The zero-order valence-electron chi connectivity index (χ0n) is 15.0. The van der Waals surface area contributed by atoms with E-state index in [4.69, 9.17) is 0 Å². The minimum absolute atomic E-state index is 0.00688. The molecule has 138 valence electrons. The number of hydrogen-bond acceptors (Lipinski definition) is 4. The van der Waals surface area contributed by atoms with Gasteiger partial charge in [-0.3, -0.25) is 9.59 Å². The van der Waals surface area contributed by atoms with Crippen molar-refractivity contribution in [3.05, 3.63) is 29.3 Å². The van der Waals surface area contributed by atoms with Crippen molar-refractivity contribution in [1.29, 1.82) is 0 Å². The summed E-state index contributed by atoms with van der Waals surface area (Å²) in [4.78, 5) is 25.9. The van der Waals surface area contributed by atoms with Crippen LogP contribution in [0.25, 0.3) is 0 Å². The fourth-order valence-corrected chi connectivity index (χ4v) is 4.91. The number of sulfone groups is 1. The number of amides is 2. The van der Waals surface area contributed by atoms with Crippen LogP contribution in [0.15, 0.2) is 18.2 Å². The van der Waals surface area contributed by atoms with Gasteiger partial charge in [0, 0.05) is 31.6 Å². The second-order valence-electron chi connectivity index (χ2n) is 6.52. The Hall–Kier alpha value is -1.89. The molecule has 1 aliphatic rings. The van der Waals surface area contributed by atoms with Crippen molar-refractivity contribution in [2.45, 2.75) is 46.1 Å². The molecule has 2 amide bonds. The van der Waals surface area contributed by atoms with E-state index >= 15 is 0 Å². The van der Waals surface area contributed by atoms with Gasteiger partial charge in [0.15, 0.2) is 9.84 Å². The zero-order chi connectivity index (χ0) is 18.6. The first-order valence-corrected chi connectivity index (χ1v) is 10.4. The topological polar surface area (TPSA) is 83.6 Å². The average molecular weight is 366 g/mol. The molecule has 1 aromatic carbocycles. The highest BCUT2D eigenvalue weighted by Gasteiger charge is 2.29. The number of nitrogens with one attached hydrogen (secondary N) is 1. The van der Waals surface area contributed by atoms with Crippen molar-refractivity contribution in [3.63, 3.8) is 0 Å². The second-order valence-corrected chi connectivity index (χ2v) is 8.75. The van der Waals surface area contributed by atoms with Gasteiger partial charge in [0.1, 0.15) is 0 Å². The summed E-state index contributed by atoms with van der Waals surface area (Å²) < 4.78 is 22.9. The van der Waals surface area contributed by atoms with Crippen LogP contribution in [0.3, 0.4) is 0 Å². The Kier molecular flexibility index (Phi) is 6.21. The number of rotatable bonds is 6. The number of carbonyl (C=O) groups excluding carboxylic acids is 2. The maximum atomic E-state index is 12.2. The summed E-state index contributed by atoms with van der Waals surface area (Å²) in [6, 6.07) is 5.59. The highest BCUT2D eigenvalue weighted by atomic mass is 32.2. The number of hydrogen-bond donors (Lipinski definition) is 1. The molecule has 1 unspecified atom stereocenters. The van der Waals surface area contributed by atoms with Crippen LogP contribution in [0, 0.1) is 6.92 Å². The van der Waals surface area contributed by atoms with Crippen LogP contribution in [0.5, 0.6) is 0 Å². The smallest absolute Gasteiger partial charge is 0.223 e. The predicted molar refractivity (Wildman–Crippen MR) is 98.4 cm³/mol. The normalized spacial score (nSPS) is 18.8. The standard InChI is InChI=1S/C18H26N2O4S/c1-4-15-7-5-6-13(2)18(15)20(14(3)21)10-8-17(22)19-16-9-11-25(23,24)12-16/h5-7,16H,4,8-12H2,1-3H3,(H,19,22). The lowest BCUT2D eigenvalue weighted by atomic mass is 10.0. The number of anilines is 1. The van der Waals surface area contributed by atoms with Gasteiger partial charge in [0.05, 0.1) is 11.5 Å².